The van der Waals surface area contributed by atoms with Gasteiger partial charge in [-0.05, 0) is 49.6 Å². The molecule has 0 fully saturated rings. The molecule has 0 radical (unpaired) electrons. The van der Waals surface area contributed by atoms with Crippen LogP contribution in [0.5, 0.6) is 0 Å². The molecule has 0 atom stereocenters. The fourth-order valence-corrected chi connectivity index (χ4v) is 1.58. The van der Waals surface area contributed by atoms with Crippen molar-refractivity contribution in [3.05, 3.63) is 96.3 Å². The van der Waals surface area contributed by atoms with Crippen LogP contribution < -0.4 is 5.73 Å². The number of allylic oxidation sites excluding steroid dienone is 7. The molecule has 0 aliphatic rings. The largest absolute Gasteiger partial charge is 0.404 e. The molecule has 1 aromatic rings. The van der Waals surface area contributed by atoms with Gasteiger partial charge in [0.1, 0.15) is 0 Å². The third kappa shape index (κ3) is 18.1. The maximum atomic E-state index is 5.05. The highest BCUT2D eigenvalue weighted by molar-refractivity contribution is 5.26. The van der Waals surface area contributed by atoms with E-state index in [0.717, 1.165) is 18.4 Å². The van der Waals surface area contributed by atoms with Crippen molar-refractivity contribution >= 4 is 0 Å². The monoisotopic (exact) mass is 355 g/mol. The zero-order valence-electron chi connectivity index (χ0n) is 18.2. The zero-order chi connectivity index (χ0) is 20.8. The molecule has 1 rings (SSSR count). The molecule has 0 saturated heterocycles. The summed E-state index contributed by atoms with van der Waals surface area (Å²) >= 11 is 0. The van der Waals surface area contributed by atoms with Gasteiger partial charge >= 0.3 is 0 Å². The Hall–Kier alpha value is -2.28. The quantitative estimate of drug-likeness (QED) is 0.520. The molecule has 0 aromatic heterocycles. The lowest BCUT2D eigenvalue weighted by atomic mass is 10.1. The Kier molecular flexibility index (Phi) is 24.9. The first-order valence-corrected chi connectivity index (χ1v) is 9.62. The number of rotatable bonds is 6. The van der Waals surface area contributed by atoms with Crippen LogP contribution in [0.25, 0.3) is 0 Å². The van der Waals surface area contributed by atoms with E-state index in [1.165, 1.54) is 22.9 Å². The summed E-state index contributed by atoms with van der Waals surface area (Å²) in [6.07, 6.45) is 13.6. The van der Waals surface area contributed by atoms with Gasteiger partial charge in [0.25, 0.3) is 0 Å². The van der Waals surface area contributed by atoms with Gasteiger partial charge in [-0.3, -0.25) is 0 Å². The summed E-state index contributed by atoms with van der Waals surface area (Å²) in [7, 11) is 0. The molecular weight excluding hydrogens is 314 g/mol. The Morgan fingerprint density at radius 1 is 1.04 bits per heavy atom. The van der Waals surface area contributed by atoms with Gasteiger partial charge in [0.05, 0.1) is 0 Å². The second-order valence-electron chi connectivity index (χ2n) is 5.04. The normalized spacial score (nSPS) is 10.4. The summed E-state index contributed by atoms with van der Waals surface area (Å²) in [5.41, 5.74) is 10.1. The van der Waals surface area contributed by atoms with Gasteiger partial charge in [-0.15, -0.1) is 0 Å². The predicted octanol–water partition coefficient (Wildman–Crippen LogP) is 7.70. The third-order valence-electron chi connectivity index (χ3n) is 3.13. The molecule has 0 bridgehead atoms. The first-order valence-electron chi connectivity index (χ1n) is 9.62. The van der Waals surface area contributed by atoms with Crippen molar-refractivity contribution in [3.8, 4) is 0 Å². The fraction of sp³-hybridized carbons (Fsp3) is 0.360. The van der Waals surface area contributed by atoms with Crippen molar-refractivity contribution in [1.82, 2.24) is 0 Å². The number of aryl methyl sites for hydroxylation is 1. The Labute approximate surface area is 163 Å². The van der Waals surface area contributed by atoms with E-state index in [9.17, 15) is 0 Å². The van der Waals surface area contributed by atoms with E-state index in [1.807, 2.05) is 40.7 Å². The summed E-state index contributed by atoms with van der Waals surface area (Å²) in [5, 5.41) is 0. The average molecular weight is 356 g/mol. The molecule has 1 nitrogen and oxygen atoms in total. The predicted molar refractivity (Wildman–Crippen MR) is 123 cm³/mol. The molecule has 0 aliphatic carbocycles. The Morgan fingerprint density at radius 3 is 1.92 bits per heavy atom. The van der Waals surface area contributed by atoms with Crippen LogP contribution in [0.2, 0.25) is 0 Å². The minimum Gasteiger partial charge on any atom is -0.404 e. The molecular formula is C25H41N. The van der Waals surface area contributed by atoms with Gasteiger partial charge in [-0.2, -0.15) is 0 Å². The molecule has 0 unspecified atom stereocenters. The number of nitrogens with two attached hydrogens (primary N) is 1. The van der Waals surface area contributed by atoms with Crippen molar-refractivity contribution < 1.29 is 0 Å². The summed E-state index contributed by atoms with van der Waals surface area (Å²) < 4.78 is 0. The minimum atomic E-state index is 0.995. The summed E-state index contributed by atoms with van der Waals surface area (Å²) in [4.78, 5) is 0. The summed E-state index contributed by atoms with van der Waals surface area (Å²) in [6, 6.07) is 8.68. The molecule has 0 spiro atoms. The van der Waals surface area contributed by atoms with Gasteiger partial charge < -0.3 is 5.73 Å². The van der Waals surface area contributed by atoms with Crippen LogP contribution in [0, 0.1) is 6.92 Å². The van der Waals surface area contributed by atoms with Crippen LogP contribution in [-0.2, 0) is 6.42 Å². The molecule has 2 N–H and O–H groups in total. The van der Waals surface area contributed by atoms with Crippen LogP contribution in [0.4, 0.5) is 0 Å². The highest BCUT2D eigenvalue weighted by Gasteiger charge is 1.89. The smallest absolute Gasteiger partial charge is 0.00328 e. The molecule has 0 saturated carbocycles. The topological polar surface area (TPSA) is 26.0 Å². The molecule has 0 amide bonds. The van der Waals surface area contributed by atoms with Gasteiger partial charge in [-0.25, -0.2) is 0 Å². The van der Waals surface area contributed by atoms with E-state index in [0.29, 0.717) is 0 Å². The minimum absolute atomic E-state index is 0.995. The Bertz CT molecular complexity index is 528. The number of hydrogen-bond donors (Lipinski definition) is 1. The van der Waals surface area contributed by atoms with E-state index in [2.05, 4.69) is 69.5 Å². The van der Waals surface area contributed by atoms with Crippen molar-refractivity contribution in [2.75, 3.05) is 0 Å². The van der Waals surface area contributed by atoms with Crippen molar-refractivity contribution in [2.45, 2.75) is 61.3 Å². The second-order valence-corrected chi connectivity index (χ2v) is 5.04. The molecule has 1 aromatic carbocycles. The molecule has 1 heteroatoms. The van der Waals surface area contributed by atoms with Crippen LogP contribution in [0.1, 0.15) is 59.1 Å². The van der Waals surface area contributed by atoms with Gasteiger partial charge in [0.15, 0.2) is 0 Å². The average Bonchev–Trinajstić information content (AvgIpc) is 2.71. The summed E-state index contributed by atoms with van der Waals surface area (Å²) in [6.45, 7) is 21.4. The molecule has 0 heterocycles. The lowest BCUT2D eigenvalue weighted by Gasteiger charge is -1.98. The Balaban J connectivity index is -0.000000445. The van der Waals surface area contributed by atoms with Crippen molar-refractivity contribution in [3.63, 3.8) is 0 Å². The van der Waals surface area contributed by atoms with Crippen LogP contribution in [0.15, 0.2) is 85.1 Å². The van der Waals surface area contributed by atoms with Crippen LogP contribution >= 0.6 is 0 Å². The summed E-state index contributed by atoms with van der Waals surface area (Å²) in [5.74, 6) is 0. The first kappa shape index (κ1) is 28.5. The number of benzene rings is 1. The zero-order valence-corrected chi connectivity index (χ0v) is 18.2. The van der Waals surface area contributed by atoms with Gasteiger partial charge in [0, 0.05) is 0 Å². The van der Waals surface area contributed by atoms with Crippen molar-refractivity contribution in [1.29, 1.82) is 0 Å². The number of hydrogen-bond acceptors (Lipinski definition) is 1. The lowest BCUT2D eigenvalue weighted by Crippen LogP contribution is -1.81. The van der Waals surface area contributed by atoms with Crippen LogP contribution in [-0.4, -0.2) is 0 Å². The van der Waals surface area contributed by atoms with Gasteiger partial charge in [-0.1, -0.05) is 108 Å². The van der Waals surface area contributed by atoms with E-state index < -0.39 is 0 Å². The molecule has 0 aliphatic heterocycles. The lowest BCUT2D eigenvalue weighted by molar-refractivity contribution is 1.14. The van der Waals surface area contributed by atoms with E-state index >= 15 is 0 Å². The maximum Gasteiger partial charge on any atom is -0.00328 e. The second kappa shape index (κ2) is 22.7. The fourth-order valence-electron chi connectivity index (χ4n) is 1.58. The van der Waals surface area contributed by atoms with E-state index in [4.69, 9.17) is 5.73 Å². The molecule has 146 valence electrons. The van der Waals surface area contributed by atoms with Gasteiger partial charge in [0.2, 0.25) is 0 Å². The first-order chi connectivity index (χ1) is 12.6. The van der Waals surface area contributed by atoms with E-state index in [-0.39, 0.29) is 0 Å². The van der Waals surface area contributed by atoms with E-state index in [1.54, 1.807) is 6.08 Å². The maximum absolute atomic E-state index is 5.05. The highest BCUT2D eigenvalue weighted by Crippen LogP contribution is 2.07. The Morgan fingerprint density at radius 2 is 1.58 bits per heavy atom. The molecule has 26 heavy (non-hydrogen) atoms. The highest BCUT2D eigenvalue weighted by atomic mass is 14.5. The van der Waals surface area contributed by atoms with Crippen LogP contribution in [0.3, 0.4) is 0 Å². The third-order valence-corrected chi connectivity index (χ3v) is 3.13. The van der Waals surface area contributed by atoms with Crippen molar-refractivity contribution in [2.24, 2.45) is 5.73 Å². The standard InChI is InChI=1S/C16H20.C5H9N.2C2H6/c1-4-7-15(5-2)8-6-9-16-12-10-14(3)11-13-16;1-3-5(2)4-6;2*1-2/h4,6-8,10-13H,1,5,9H2,2-3H3;3-4H,1,6H2,2H3;2*1-2H3/b8-6-,15-7-;5-4-;;. The SMILES string of the molecule is C=C/C(C)=C\N.C=C/C=C(\C=C/Cc1ccc(C)cc1)CC.CC.CC.